The maximum Gasteiger partial charge on any atom is 0.259 e. The van der Waals surface area contributed by atoms with Gasteiger partial charge in [0.1, 0.15) is 5.15 Å². The van der Waals surface area contributed by atoms with Crippen LogP contribution in [0.4, 0.5) is 0 Å². The first kappa shape index (κ1) is 18.1. The normalized spacial score (nSPS) is 15.4. The smallest absolute Gasteiger partial charge is 0.259 e. The molecule has 1 atom stereocenters. The number of amides is 1. The second-order valence-electron chi connectivity index (χ2n) is 7.03. The highest BCUT2D eigenvalue weighted by molar-refractivity contribution is 7.94. The van der Waals surface area contributed by atoms with Crippen LogP contribution >= 0.6 is 11.6 Å². The number of rotatable bonds is 2. The van der Waals surface area contributed by atoms with Gasteiger partial charge in [-0.15, -0.1) is 0 Å². The van der Waals surface area contributed by atoms with Gasteiger partial charge in [0, 0.05) is 16.4 Å². The van der Waals surface area contributed by atoms with E-state index >= 15 is 0 Å². The van der Waals surface area contributed by atoms with Crippen LogP contribution in [0.15, 0.2) is 22.7 Å². The first-order valence-electron chi connectivity index (χ1n) is 6.74. The van der Waals surface area contributed by atoms with E-state index in [0.29, 0.717) is 5.15 Å². The maximum absolute atomic E-state index is 13.3. The first-order valence-corrected chi connectivity index (χ1v) is 8.81. The lowest BCUT2D eigenvalue weighted by Crippen LogP contribution is -2.32. The summed E-state index contributed by atoms with van der Waals surface area (Å²) in [7, 11) is -2.77. The van der Waals surface area contributed by atoms with Crippen molar-refractivity contribution in [2.75, 3.05) is 0 Å². The van der Waals surface area contributed by atoms with E-state index in [2.05, 4.69) is 9.35 Å². The lowest BCUT2D eigenvalue weighted by atomic mass is 9.96. The minimum absolute atomic E-state index is 0.181. The van der Waals surface area contributed by atoms with Crippen LogP contribution in [-0.2, 0) is 20.3 Å². The molecule has 0 aliphatic rings. The standard InChI is InChI=1S/C15H23ClN2O2S/c1-14(2,3)13(19)18-21(20,15(4,5)6)10-11-7-8-17-12(16)9-11/h7-9H,10H2,1-6H3/t21-/m1/s1. The van der Waals surface area contributed by atoms with E-state index in [9.17, 15) is 9.00 Å². The van der Waals surface area contributed by atoms with Crippen LogP contribution < -0.4 is 0 Å². The molecule has 21 heavy (non-hydrogen) atoms. The Bertz CT molecular complexity index is 648. The summed E-state index contributed by atoms with van der Waals surface area (Å²) in [6.45, 7) is 10.8. The van der Waals surface area contributed by atoms with Gasteiger partial charge < -0.3 is 0 Å². The fraction of sp³-hybridized carbons (Fsp3) is 0.600. The number of halogens is 1. The minimum atomic E-state index is -2.77. The van der Waals surface area contributed by atoms with Crippen LogP contribution in [0.3, 0.4) is 0 Å². The van der Waals surface area contributed by atoms with Crippen LogP contribution in [0.1, 0.15) is 47.1 Å². The number of aromatic nitrogens is 1. The van der Waals surface area contributed by atoms with Gasteiger partial charge in [0.25, 0.3) is 5.91 Å². The first-order chi connectivity index (χ1) is 9.35. The Balaban J connectivity index is 3.34. The van der Waals surface area contributed by atoms with Gasteiger partial charge >= 0.3 is 0 Å². The Labute approximate surface area is 132 Å². The summed E-state index contributed by atoms with van der Waals surface area (Å²) >= 11 is 5.86. The number of hydrogen-bond donors (Lipinski definition) is 0. The van der Waals surface area contributed by atoms with Gasteiger partial charge in [0.2, 0.25) is 0 Å². The Morgan fingerprint density at radius 1 is 1.29 bits per heavy atom. The molecule has 0 spiro atoms. The number of nitrogens with zero attached hydrogens (tertiary/aromatic N) is 2. The van der Waals surface area contributed by atoms with Crippen molar-refractivity contribution in [1.29, 1.82) is 0 Å². The van der Waals surface area contributed by atoms with Crippen LogP contribution in [-0.4, -0.2) is 19.8 Å². The summed E-state index contributed by atoms with van der Waals surface area (Å²) in [6, 6.07) is 3.40. The Morgan fingerprint density at radius 3 is 2.29 bits per heavy atom. The highest BCUT2D eigenvalue weighted by Crippen LogP contribution is 2.27. The lowest BCUT2D eigenvalue weighted by Gasteiger charge is -2.25. The predicted octanol–water partition coefficient (Wildman–Crippen LogP) is 4.07. The zero-order valence-electron chi connectivity index (χ0n) is 13.4. The average Bonchev–Trinajstić information content (AvgIpc) is 2.25. The Hall–Kier alpha value is -0.940. The molecule has 4 nitrogen and oxygen atoms in total. The SMILES string of the molecule is CC(C)(C)C(=O)N=[S@@](=O)(Cc1ccnc(Cl)c1)C(C)(C)C. The number of pyridine rings is 1. The lowest BCUT2D eigenvalue weighted by molar-refractivity contribution is -0.124. The monoisotopic (exact) mass is 330 g/mol. The summed E-state index contributed by atoms with van der Waals surface area (Å²) in [5.74, 6) is -0.164. The Morgan fingerprint density at radius 2 is 1.86 bits per heavy atom. The molecule has 0 saturated heterocycles. The van der Waals surface area contributed by atoms with Gasteiger partial charge in [0.15, 0.2) is 0 Å². The zero-order valence-corrected chi connectivity index (χ0v) is 15.0. The van der Waals surface area contributed by atoms with E-state index in [-0.39, 0.29) is 11.7 Å². The molecule has 0 unspecified atom stereocenters. The Kier molecular flexibility index (Phi) is 5.22. The largest absolute Gasteiger partial charge is 0.271 e. The van der Waals surface area contributed by atoms with E-state index in [1.165, 1.54) is 0 Å². The fourth-order valence-electron chi connectivity index (χ4n) is 1.41. The molecule has 1 rings (SSSR count). The molecule has 0 fully saturated rings. The van der Waals surface area contributed by atoms with Crippen molar-refractivity contribution in [1.82, 2.24) is 4.98 Å². The van der Waals surface area contributed by atoms with Gasteiger partial charge in [-0.1, -0.05) is 32.4 Å². The molecule has 1 heterocycles. The van der Waals surface area contributed by atoms with Crippen molar-refractivity contribution < 1.29 is 9.00 Å². The van der Waals surface area contributed by atoms with Crippen molar-refractivity contribution in [2.45, 2.75) is 52.0 Å². The van der Waals surface area contributed by atoms with Crippen LogP contribution in [0.25, 0.3) is 0 Å². The molecule has 1 aromatic heterocycles. The summed E-state index contributed by atoms with van der Waals surface area (Å²) in [6.07, 6.45) is 1.56. The highest BCUT2D eigenvalue weighted by atomic mass is 35.5. The molecule has 0 N–H and O–H groups in total. The molecule has 118 valence electrons. The topological polar surface area (TPSA) is 59.4 Å². The van der Waals surface area contributed by atoms with E-state index in [1.807, 2.05) is 20.8 Å². The van der Waals surface area contributed by atoms with Crippen LogP contribution in [0, 0.1) is 5.41 Å². The second-order valence-corrected chi connectivity index (χ2v) is 10.4. The predicted molar refractivity (Wildman–Crippen MR) is 87.7 cm³/mol. The van der Waals surface area contributed by atoms with Gasteiger partial charge in [-0.25, -0.2) is 9.19 Å². The van der Waals surface area contributed by atoms with Crippen molar-refractivity contribution in [3.63, 3.8) is 0 Å². The maximum atomic E-state index is 13.3. The summed E-state index contributed by atoms with van der Waals surface area (Å²) in [5, 5.41) is 0.338. The van der Waals surface area contributed by atoms with E-state index in [0.717, 1.165) is 5.56 Å². The van der Waals surface area contributed by atoms with E-state index in [4.69, 9.17) is 11.6 Å². The highest BCUT2D eigenvalue weighted by Gasteiger charge is 2.31. The molecule has 0 saturated carbocycles. The third-order valence-electron chi connectivity index (χ3n) is 2.98. The average molecular weight is 331 g/mol. The summed E-state index contributed by atoms with van der Waals surface area (Å²) in [5.41, 5.74) is 0.115. The van der Waals surface area contributed by atoms with Crippen molar-refractivity contribution in [3.8, 4) is 0 Å². The molecule has 0 bridgehead atoms. The molecule has 6 heteroatoms. The molecule has 1 aromatic rings. The van der Waals surface area contributed by atoms with Crippen molar-refractivity contribution in [3.05, 3.63) is 29.0 Å². The van der Waals surface area contributed by atoms with Gasteiger partial charge in [0.05, 0.1) is 15.5 Å². The molecule has 1 amide bonds. The molecule has 0 aliphatic carbocycles. The third kappa shape index (κ3) is 4.78. The second kappa shape index (κ2) is 6.05. The molecular formula is C15H23ClN2O2S. The van der Waals surface area contributed by atoms with E-state index in [1.54, 1.807) is 39.1 Å². The van der Waals surface area contributed by atoms with Crippen molar-refractivity contribution in [2.24, 2.45) is 9.78 Å². The van der Waals surface area contributed by atoms with Gasteiger partial charge in [-0.3, -0.25) is 4.79 Å². The molecular weight excluding hydrogens is 308 g/mol. The van der Waals surface area contributed by atoms with Crippen LogP contribution in [0.2, 0.25) is 5.15 Å². The summed E-state index contributed by atoms with van der Waals surface area (Å²) < 4.78 is 16.8. The number of carbonyl (C=O) groups excluding carboxylic acids is 1. The molecule has 0 radical (unpaired) electrons. The number of hydrogen-bond acceptors (Lipinski definition) is 3. The zero-order chi connectivity index (χ0) is 16.5. The number of carbonyl (C=O) groups is 1. The quantitative estimate of drug-likeness (QED) is 0.768. The van der Waals surface area contributed by atoms with E-state index < -0.39 is 19.9 Å². The third-order valence-corrected chi connectivity index (χ3v) is 6.29. The summed E-state index contributed by atoms with van der Waals surface area (Å²) in [4.78, 5) is 16.1. The van der Waals surface area contributed by atoms with Gasteiger partial charge in [-0.05, 0) is 38.5 Å². The molecule has 0 aliphatic heterocycles. The van der Waals surface area contributed by atoms with Crippen molar-refractivity contribution >= 4 is 27.2 Å². The minimum Gasteiger partial charge on any atom is -0.271 e. The van der Waals surface area contributed by atoms with Gasteiger partial charge in [-0.2, -0.15) is 4.36 Å². The fourth-order valence-corrected chi connectivity index (χ4v) is 3.56. The van der Waals surface area contributed by atoms with Crippen LogP contribution in [0.5, 0.6) is 0 Å². The molecule has 0 aromatic carbocycles.